The first-order valence-corrected chi connectivity index (χ1v) is 9.42. The van der Waals surface area contributed by atoms with Gasteiger partial charge >= 0.3 is 0 Å². The Hall–Kier alpha value is -2.58. The van der Waals surface area contributed by atoms with Gasteiger partial charge in [0.15, 0.2) is 0 Å². The summed E-state index contributed by atoms with van der Waals surface area (Å²) in [5.41, 5.74) is 2.72. The van der Waals surface area contributed by atoms with Crippen LogP contribution < -0.4 is 0 Å². The lowest BCUT2D eigenvalue weighted by molar-refractivity contribution is 0.0623. The normalized spacial score (nSPS) is 15.3. The second kappa shape index (κ2) is 7.35. The van der Waals surface area contributed by atoms with E-state index in [9.17, 15) is 4.79 Å². The average Bonchev–Trinajstić information content (AvgIpc) is 3.32. The minimum Gasteiger partial charge on any atom is -0.335 e. The molecule has 1 amide bonds. The van der Waals surface area contributed by atoms with Crippen molar-refractivity contribution < 1.29 is 4.79 Å². The van der Waals surface area contributed by atoms with E-state index in [2.05, 4.69) is 20.0 Å². The van der Waals surface area contributed by atoms with Gasteiger partial charge in [0.1, 0.15) is 10.7 Å². The Morgan fingerprint density at radius 2 is 1.96 bits per heavy atom. The summed E-state index contributed by atoms with van der Waals surface area (Å²) in [5.74, 6) is 0.0138. The number of thiazole rings is 1. The fourth-order valence-corrected chi connectivity index (χ4v) is 3.82. The van der Waals surface area contributed by atoms with Gasteiger partial charge in [-0.15, -0.1) is 11.3 Å². The van der Waals surface area contributed by atoms with Crippen LogP contribution in [0.15, 0.2) is 42.3 Å². The third-order valence-corrected chi connectivity index (χ3v) is 5.38. The smallest absolute Gasteiger partial charge is 0.273 e. The Labute approximate surface area is 155 Å². The maximum absolute atomic E-state index is 12.7. The maximum Gasteiger partial charge on any atom is 0.273 e. The van der Waals surface area contributed by atoms with E-state index in [-0.39, 0.29) is 5.91 Å². The van der Waals surface area contributed by atoms with Crippen molar-refractivity contribution in [2.24, 2.45) is 7.05 Å². The molecule has 1 fully saturated rings. The zero-order chi connectivity index (χ0) is 17.9. The van der Waals surface area contributed by atoms with Crippen molar-refractivity contribution in [2.75, 3.05) is 26.2 Å². The van der Waals surface area contributed by atoms with Crippen molar-refractivity contribution in [3.63, 3.8) is 0 Å². The van der Waals surface area contributed by atoms with Crippen LogP contribution in [-0.2, 0) is 13.6 Å². The first-order chi connectivity index (χ1) is 12.7. The summed E-state index contributed by atoms with van der Waals surface area (Å²) in [7, 11) is 1.87. The van der Waals surface area contributed by atoms with Crippen molar-refractivity contribution in [2.45, 2.75) is 6.54 Å². The monoisotopic (exact) mass is 368 g/mol. The Morgan fingerprint density at radius 3 is 2.65 bits per heavy atom. The Kier molecular flexibility index (Phi) is 4.77. The van der Waals surface area contributed by atoms with Crippen LogP contribution in [0.25, 0.3) is 10.6 Å². The lowest BCUT2D eigenvalue weighted by atomic mass is 10.2. The van der Waals surface area contributed by atoms with Gasteiger partial charge in [-0.2, -0.15) is 5.10 Å². The number of piperazine rings is 1. The van der Waals surface area contributed by atoms with Gasteiger partial charge < -0.3 is 4.90 Å². The Bertz CT molecular complexity index is 882. The van der Waals surface area contributed by atoms with E-state index in [4.69, 9.17) is 0 Å². The Morgan fingerprint density at radius 1 is 1.19 bits per heavy atom. The van der Waals surface area contributed by atoms with Crippen LogP contribution in [0, 0.1) is 0 Å². The second-order valence-corrected chi connectivity index (χ2v) is 7.22. The van der Waals surface area contributed by atoms with E-state index in [1.54, 1.807) is 10.9 Å². The highest BCUT2D eigenvalue weighted by Gasteiger charge is 2.24. The Balaban J connectivity index is 1.36. The van der Waals surface area contributed by atoms with Crippen LogP contribution >= 0.6 is 11.3 Å². The van der Waals surface area contributed by atoms with Crippen LogP contribution in [0.2, 0.25) is 0 Å². The SMILES string of the molecule is Cn1cc(-c2nc(C(=O)N3CCN(Cc4ccncc4)CC3)cs2)cn1. The van der Waals surface area contributed by atoms with Gasteiger partial charge in [0, 0.05) is 69.3 Å². The van der Waals surface area contributed by atoms with Gasteiger partial charge in [0.05, 0.1) is 6.20 Å². The number of hydrogen-bond acceptors (Lipinski definition) is 6. The van der Waals surface area contributed by atoms with E-state index in [0.29, 0.717) is 5.69 Å². The van der Waals surface area contributed by atoms with Crippen molar-refractivity contribution in [3.05, 3.63) is 53.6 Å². The molecule has 1 aliphatic rings. The molecule has 134 valence electrons. The van der Waals surface area contributed by atoms with E-state index >= 15 is 0 Å². The molecule has 7 nitrogen and oxygen atoms in total. The first-order valence-electron chi connectivity index (χ1n) is 8.54. The van der Waals surface area contributed by atoms with Crippen molar-refractivity contribution in [1.29, 1.82) is 0 Å². The molecular formula is C18H20N6OS. The van der Waals surface area contributed by atoms with Gasteiger partial charge in [0.25, 0.3) is 5.91 Å². The summed E-state index contributed by atoms with van der Waals surface area (Å²) in [6.45, 7) is 4.08. The number of pyridine rings is 1. The summed E-state index contributed by atoms with van der Waals surface area (Å²) in [6.07, 6.45) is 7.31. The van der Waals surface area contributed by atoms with Crippen LogP contribution in [-0.4, -0.2) is 61.6 Å². The predicted molar refractivity (Wildman–Crippen MR) is 99.7 cm³/mol. The second-order valence-electron chi connectivity index (χ2n) is 6.36. The van der Waals surface area contributed by atoms with Crippen LogP contribution in [0.1, 0.15) is 16.1 Å². The standard InChI is InChI=1S/C18H20N6OS/c1-22-12-15(10-20-22)17-21-16(13-26-17)18(25)24-8-6-23(7-9-24)11-14-2-4-19-5-3-14/h2-5,10,12-13H,6-9,11H2,1H3. The lowest BCUT2D eigenvalue weighted by Crippen LogP contribution is -2.48. The highest BCUT2D eigenvalue weighted by molar-refractivity contribution is 7.13. The number of carbonyl (C=O) groups is 1. The molecule has 0 radical (unpaired) electrons. The van der Waals surface area contributed by atoms with Gasteiger partial charge in [-0.05, 0) is 17.7 Å². The van der Waals surface area contributed by atoms with E-state index < -0.39 is 0 Å². The van der Waals surface area contributed by atoms with E-state index in [1.165, 1.54) is 16.9 Å². The molecule has 1 saturated heterocycles. The molecule has 0 atom stereocenters. The molecule has 0 N–H and O–H groups in total. The number of amides is 1. The number of aryl methyl sites for hydroxylation is 1. The quantitative estimate of drug-likeness (QED) is 0.704. The zero-order valence-electron chi connectivity index (χ0n) is 14.6. The lowest BCUT2D eigenvalue weighted by Gasteiger charge is -2.34. The predicted octanol–water partition coefficient (Wildman–Crippen LogP) is 1.90. The molecule has 4 heterocycles. The van der Waals surface area contributed by atoms with Crippen molar-refractivity contribution in [3.8, 4) is 10.6 Å². The molecule has 0 saturated carbocycles. The summed E-state index contributed by atoms with van der Waals surface area (Å²) >= 11 is 1.48. The molecule has 0 aromatic carbocycles. The molecule has 0 unspecified atom stereocenters. The molecule has 0 spiro atoms. The summed E-state index contributed by atoms with van der Waals surface area (Å²) in [4.78, 5) is 25.6. The van der Waals surface area contributed by atoms with Crippen LogP contribution in [0.4, 0.5) is 0 Å². The van der Waals surface area contributed by atoms with Crippen molar-refractivity contribution >= 4 is 17.2 Å². The molecule has 1 aliphatic heterocycles. The molecule has 0 bridgehead atoms. The fourth-order valence-electron chi connectivity index (χ4n) is 3.05. The fraction of sp³-hybridized carbons (Fsp3) is 0.333. The third kappa shape index (κ3) is 3.66. The van der Waals surface area contributed by atoms with Gasteiger partial charge in [-0.3, -0.25) is 19.4 Å². The number of aromatic nitrogens is 4. The zero-order valence-corrected chi connectivity index (χ0v) is 15.4. The van der Waals surface area contributed by atoms with Gasteiger partial charge in [-0.25, -0.2) is 4.98 Å². The largest absolute Gasteiger partial charge is 0.335 e. The molecule has 0 aliphatic carbocycles. The van der Waals surface area contributed by atoms with E-state index in [0.717, 1.165) is 43.3 Å². The van der Waals surface area contributed by atoms with Gasteiger partial charge in [-0.1, -0.05) is 0 Å². The third-order valence-electron chi connectivity index (χ3n) is 4.49. The summed E-state index contributed by atoms with van der Waals surface area (Å²) in [6, 6.07) is 4.07. The highest BCUT2D eigenvalue weighted by atomic mass is 32.1. The molecular weight excluding hydrogens is 348 g/mol. The number of hydrogen-bond donors (Lipinski definition) is 0. The molecule has 3 aromatic heterocycles. The van der Waals surface area contributed by atoms with Crippen molar-refractivity contribution in [1.82, 2.24) is 29.5 Å². The topological polar surface area (TPSA) is 67.2 Å². The number of nitrogens with zero attached hydrogens (tertiary/aromatic N) is 6. The van der Waals surface area contributed by atoms with E-state index in [1.807, 2.05) is 48.1 Å². The minimum absolute atomic E-state index is 0.0138. The highest BCUT2D eigenvalue weighted by Crippen LogP contribution is 2.24. The maximum atomic E-state index is 12.7. The number of carbonyl (C=O) groups excluding carboxylic acids is 1. The molecule has 26 heavy (non-hydrogen) atoms. The average molecular weight is 368 g/mol. The summed E-state index contributed by atoms with van der Waals surface area (Å²) in [5, 5.41) is 6.83. The molecule has 4 rings (SSSR count). The van der Waals surface area contributed by atoms with Crippen LogP contribution in [0.3, 0.4) is 0 Å². The summed E-state index contributed by atoms with van der Waals surface area (Å²) < 4.78 is 1.74. The van der Waals surface area contributed by atoms with Gasteiger partial charge in [0.2, 0.25) is 0 Å². The molecule has 3 aromatic rings. The molecule has 8 heteroatoms. The minimum atomic E-state index is 0.0138. The number of rotatable bonds is 4. The van der Waals surface area contributed by atoms with Crippen LogP contribution in [0.5, 0.6) is 0 Å². The first kappa shape index (κ1) is 16.9.